The van der Waals surface area contributed by atoms with Crippen LogP contribution < -0.4 is 15.2 Å². The van der Waals surface area contributed by atoms with Crippen LogP contribution in [0.5, 0.6) is 5.75 Å². The second kappa shape index (κ2) is 5.92. The van der Waals surface area contributed by atoms with Crippen LogP contribution in [-0.4, -0.2) is 0 Å². The lowest BCUT2D eigenvalue weighted by Gasteiger charge is -2.26. The molecular formula is C19H11ClN2O2S. The first-order valence-electron chi connectivity index (χ1n) is 7.49. The number of nitrogens with two attached hydrogens (primary N) is 1. The van der Waals surface area contributed by atoms with E-state index in [9.17, 15) is 10.1 Å². The van der Waals surface area contributed by atoms with Gasteiger partial charge in [0.15, 0.2) is 0 Å². The molecule has 1 atom stereocenters. The van der Waals surface area contributed by atoms with Gasteiger partial charge in [-0.25, -0.2) is 0 Å². The van der Waals surface area contributed by atoms with Crippen molar-refractivity contribution in [3.63, 3.8) is 0 Å². The normalized spacial score (nSPS) is 16.2. The van der Waals surface area contributed by atoms with Crippen LogP contribution in [0, 0.1) is 11.3 Å². The highest BCUT2D eigenvalue weighted by Gasteiger charge is 2.35. The van der Waals surface area contributed by atoms with Gasteiger partial charge in [-0.3, -0.25) is 4.79 Å². The van der Waals surface area contributed by atoms with Crippen molar-refractivity contribution in [1.82, 2.24) is 0 Å². The van der Waals surface area contributed by atoms with E-state index in [-0.39, 0.29) is 16.2 Å². The number of fused-ring (bicyclic) bond motifs is 3. The van der Waals surface area contributed by atoms with E-state index in [0.717, 1.165) is 21.4 Å². The molecule has 0 bridgehead atoms. The van der Waals surface area contributed by atoms with E-state index in [0.29, 0.717) is 21.9 Å². The Balaban J connectivity index is 2.12. The second-order valence-corrected chi connectivity index (χ2v) is 7.00. The quantitative estimate of drug-likeness (QED) is 0.702. The molecule has 122 valence electrons. The van der Waals surface area contributed by atoms with Gasteiger partial charge in [0.25, 0.3) is 0 Å². The minimum absolute atomic E-state index is 0.000623. The van der Waals surface area contributed by atoms with Crippen LogP contribution in [0.4, 0.5) is 0 Å². The summed E-state index contributed by atoms with van der Waals surface area (Å²) >= 11 is 7.48. The molecule has 0 amide bonds. The SMILES string of the molecule is N#CC1=C(N)Oc2c(c(=O)sc3ccccc23)[C@H]1c1ccccc1Cl. The molecule has 6 heteroatoms. The van der Waals surface area contributed by atoms with Crippen molar-refractivity contribution in [2.75, 3.05) is 0 Å². The Labute approximate surface area is 152 Å². The molecule has 25 heavy (non-hydrogen) atoms. The fourth-order valence-corrected chi connectivity index (χ4v) is 4.27. The highest BCUT2D eigenvalue weighted by Crippen LogP contribution is 2.45. The van der Waals surface area contributed by atoms with Crippen molar-refractivity contribution in [3.8, 4) is 11.8 Å². The van der Waals surface area contributed by atoms with E-state index in [2.05, 4.69) is 6.07 Å². The molecule has 0 saturated heterocycles. The third kappa shape index (κ3) is 2.39. The Hall–Kier alpha value is -2.81. The molecule has 0 spiro atoms. The molecule has 1 aliphatic heterocycles. The van der Waals surface area contributed by atoms with E-state index in [4.69, 9.17) is 22.1 Å². The number of hydrogen-bond donors (Lipinski definition) is 1. The zero-order valence-electron chi connectivity index (χ0n) is 12.8. The Kier molecular flexibility index (Phi) is 3.72. The van der Waals surface area contributed by atoms with Crippen LogP contribution in [0.25, 0.3) is 10.1 Å². The maximum Gasteiger partial charge on any atom is 0.240 e. The molecular weight excluding hydrogens is 356 g/mol. The van der Waals surface area contributed by atoms with Crippen molar-refractivity contribution in [2.45, 2.75) is 5.92 Å². The van der Waals surface area contributed by atoms with Crippen molar-refractivity contribution < 1.29 is 4.74 Å². The number of rotatable bonds is 1. The van der Waals surface area contributed by atoms with Gasteiger partial charge in [-0.2, -0.15) is 5.26 Å². The lowest BCUT2D eigenvalue weighted by Crippen LogP contribution is -2.25. The largest absolute Gasteiger partial charge is 0.439 e. The Bertz CT molecular complexity index is 1140. The minimum Gasteiger partial charge on any atom is -0.439 e. The average molecular weight is 367 g/mol. The molecule has 2 aromatic carbocycles. The molecule has 2 heterocycles. The number of nitriles is 1. The van der Waals surface area contributed by atoms with E-state index in [1.165, 1.54) is 0 Å². The Morgan fingerprint density at radius 1 is 1.16 bits per heavy atom. The van der Waals surface area contributed by atoms with Gasteiger partial charge in [-0.15, -0.1) is 0 Å². The van der Waals surface area contributed by atoms with Crippen molar-refractivity contribution in [3.05, 3.63) is 85.7 Å². The first-order chi connectivity index (χ1) is 12.1. The zero-order chi connectivity index (χ0) is 17.6. The highest BCUT2D eigenvalue weighted by molar-refractivity contribution is 7.16. The van der Waals surface area contributed by atoms with Crippen LogP contribution in [0.2, 0.25) is 5.02 Å². The maximum atomic E-state index is 12.9. The van der Waals surface area contributed by atoms with E-state index in [1.807, 2.05) is 30.3 Å². The molecule has 0 aliphatic carbocycles. The lowest BCUT2D eigenvalue weighted by molar-refractivity contribution is 0.398. The smallest absolute Gasteiger partial charge is 0.240 e. The highest BCUT2D eigenvalue weighted by atomic mass is 35.5. The van der Waals surface area contributed by atoms with Crippen LogP contribution in [0.1, 0.15) is 17.0 Å². The van der Waals surface area contributed by atoms with Gasteiger partial charge in [0, 0.05) is 15.1 Å². The van der Waals surface area contributed by atoms with Gasteiger partial charge in [0.05, 0.1) is 11.5 Å². The minimum atomic E-state index is -0.643. The van der Waals surface area contributed by atoms with Crippen molar-refractivity contribution in [2.24, 2.45) is 5.73 Å². The molecule has 4 rings (SSSR count). The predicted octanol–water partition coefficient (Wildman–Crippen LogP) is 4.13. The average Bonchev–Trinajstić information content (AvgIpc) is 2.61. The van der Waals surface area contributed by atoms with E-state index >= 15 is 0 Å². The van der Waals surface area contributed by atoms with Gasteiger partial charge in [0.1, 0.15) is 17.4 Å². The summed E-state index contributed by atoms with van der Waals surface area (Å²) in [4.78, 5) is 12.9. The van der Waals surface area contributed by atoms with Crippen LogP contribution >= 0.6 is 22.9 Å². The number of benzene rings is 2. The lowest BCUT2D eigenvalue weighted by atomic mass is 9.84. The molecule has 0 unspecified atom stereocenters. The van der Waals surface area contributed by atoms with Crippen molar-refractivity contribution in [1.29, 1.82) is 5.26 Å². The van der Waals surface area contributed by atoms with Gasteiger partial charge >= 0.3 is 0 Å². The van der Waals surface area contributed by atoms with Crippen LogP contribution in [0.3, 0.4) is 0 Å². The van der Waals surface area contributed by atoms with Crippen LogP contribution in [-0.2, 0) is 0 Å². The summed E-state index contributed by atoms with van der Waals surface area (Å²) < 4.78 is 6.35. The molecule has 3 aromatic rings. The number of ether oxygens (including phenoxy) is 1. The topological polar surface area (TPSA) is 76.1 Å². The number of hydrogen-bond acceptors (Lipinski definition) is 5. The summed E-state index contributed by atoms with van der Waals surface area (Å²) in [6, 6.07) is 16.7. The third-order valence-corrected chi connectivity index (χ3v) is 5.52. The fourth-order valence-electron chi connectivity index (χ4n) is 3.09. The van der Waals surface area contributed by atoms with E-state index < -0.39 is 5.92 Å². The Morgan fingerprint density at radius 3 is 2.64 bits per heavy atom. The zero-order valence-corrected chi connectivity index (χ0v) is 14.4. The third-order valence-electron chi connectivity index (χ3n) is 4.19. The van der Waals surface area contributed by atoms with Gasteiger partial charge in [0.2, 0.25) is 10.6 Å². The van der Waals surface area contributed by atoms with Crippen molar-refractivity contribution >= 4 is 33.0 Å². The monoisotopic (exact) mass is 366 g/mol. The summed E-state index contributed by atoms with van der Waals surface area (Å²) in [5.41, 5.74) is 7.28. The number of allylic oxidation sites excluding steroid dienone is 1. The maximum absolute atomic E-state index is 12.9. The molecule has 0 saturated carbocycles. The predicted molar refractivity (Wildman–Crippen MR) is 98.8 cm³/mol. The fraction of sp³-hybridized carbons (Fsp3) is 0.0526. The molecule has 1 aromatic heterocycles. The first kappa shape index (κ1) is 15.7. The van der Waals surface area contributed by atoms with Gasteiger partial charge in [-0.05, 0) is 23.8 Å². The summed E-state index contributed by atoms with van der Waals surface area (Å²) in [6.07, 6.45) is 0. The number of halogens is 1. The molecule has 0 radical (unpaired) electrons. The standard InChI is InChI=1S/C19H11ClN2O2S/c20-13-7-3-1-5-10(13)15-12(9-21)18(22)24-17-11-6-2-4-8-14(11)25-19(23)16(15)17/h1-8,15H,22H2/t15-/m0/s1. The second-order valence-electron chi connectivity index (χ2n) is 5.57. The molecule has 1 aliphatic rings. The molecule has 4 nitrogen and oxygen atoms in total. The summed E-state index contributed by atoms with van der Waals surface area (Å²) in [5.74, 6) is -0.239. The summed E-state index contributed by atoms with van der Waals surface area (Å²) in [5, 5.41) is 10.9. The molecule has 2 N–H and O–H groups in total. The van der Waals surface area contributed by atoms with Gasteiger partial charge in [-0.1, -0.05) is 53.3 Å². The van der Waals surface area contributed by atoms with Gasteiger partial charge < -0.3 is 10.5 Å². The first-order valence-corrected chi connectivity index (χ1v) is 8.69. The summed E-state index contributed by atoms with van der Waals surface area (Å²) in [6.45, 7) is 0. The van der Waals surface area contributed by atoms with Crippen LogP contribution in [0.15, 0.2) is 64.8 Å². The van der Waals surface area contributed by atoms with E-state index in [1.54, 1.807) is 18.2 Å². The number of nitrogens with zero attached hydrogens (tertiary/aromatic N) is 1. The Morgan fingerprint density at radius 2 is 1.88 bits per heavy atom. The molecule has 0 fully saturated rings. The summed E-state index contributed by atoms with van der Waals surface area (Å²) in [7, 11) is 0.